The van der Waals surface area contributed by atoms with Gasteiger partial charge in [0, 0.05) is 43.9 Å². The minimum absolute atomic E-state index is 0.0308. The predicted octanol–water partition coefficient (Wildman–Crippen LogP) is 4.68. The number of rotatable bonds is 5. The highest BCUT2D eigenvalue weighted by Gasteiger charge is 2.27. The summed E-state index contributed by atoms with van der Waals surface area (Å²) in [6.45, 7) is 2.18. The zero-order valence-electron chi connectivity index (χ0n) is 15.2. The van der Waals surface area contributed by atoms with E-state index in [1.807, 2.05) is 37.4 Å². The molecule has 4 nitrogen and oxygen atoms in total. The van der Waals surface area contributed by atoms with Gasteiger partial charge in [-0.3, -0.25) is 9.59 Å². The average molecular weight is 405 g/mol. The summed E-state index contributed by atoms with van der Waals surface area (Å²) in [5.41, 5.74) is 2.73. The van der Waals surface area contributed by atoms with Gasteiger partial charge >= 0.3 is 0 Å². The fourth-order valence-electron chi connectivity index (χ4n) is 3.45. The molecule has 1 heterocycles. The van der Waals surface area contributed by atoms with E-state index < -0.39 is 0 Å². The molecule has 0 radical (unpaired) electrons. The maximum Gasteiger partial charge on any atom is 0.225 e. The summed E-state index contributed by atoms with van der Waals surface area (Å²) in [7, 11) is 1.83. The lowest BCUT2D eigenvalue weighted by Gasteiger charge is -2.34. The molecule has 3 rings (SSSR count). The lowest BCUT2D eigenvalue weighted by atomic mass is 9.94. The summed E-state index contributed by atoms with van der Waals surface area (Å²) in [6, 6.07) is 13.0. The number of hydrogen-bond donors (Lipinski definition) is 0. The Morgan fingerprint density at radius 1 is 1.11 bits per heavy atom. The number of carbonyl (C=O) groups is 2. The minimum Gasteiger partial charge on any atom is -0.371 e. The molecule has 27 heavy (non-hydrogen) atoms. The summed E-state index contributed by atoms with van der Waals surface area (Å²) < 4.78 is 0. The first-order valence-corrected chi connectivity index (χ1v) is 9.72. The molecule has 1 saturated heterocycles. The van der Waals surface area contributed by atoms with Crippen LogP contribution in [0.2, 0.25) is 10.0 Å². The Bertz CT molecular complexity index is 815. The number of anilines is 1. The second kappa shape index (κ2) is 8.77. The Morgan fingerprint density at radius 3 is 2.37 bits per heavy atom. The molecule has 0 spiro atoms. The van der Waals surface area contributed by atoms with Crippen molar-refractivity contribution in [2.45, 2.75) is 19.4 Å². The fraction of sp³-hybridized carbons (Fsp3) is 0.333. The van der Waals surface area contributed by atoms with Crippen LogP contribution in [0, 0.1) is 5.92 Å². The van der Waals surface area contributed by atoms with Gasteiger partial charge in [0.05, 0.1) is 10.0 Å². The lowest BCUT2D eigenvalue weighted by Crippen LogP contribution is -2.41. The van der Waals surface area contributed by atoms with Gasteiger partial charge in [-0.05, 0) is 54.8 Å². The van der Waals surface area contributed by atoms with Gasteiger partial charge in [0.25, 0.3) is 0 Å². The molecule has 1 fully saturated rings. The Balaban J connectivity index is 1.55. The zero-order chi connectivity index (χ0) is 19.4. The lowest BCUT2D eigenvalue weighted by molar-refractivity contribution is -0.135. The molecular weight excluding hydrogens is 383 g/mol. The number of amides is 1. The molecule has 6 heteroatoms. The summed E-state index contributed by atoms with van der Waals surface area (Å²) in [6.07, 6.45) is 2.48. The van der Waals surface area contributed by atoms with Crippen LogP contribution in [0.15, 0.2) is 42.5 Å². The van der Waals surface area contributed by atoms with Crippen molar-refractivity contribution in [1.29, 1.82) is 0 Å². The molecule has 1 aliphatic heterocycles. The van der Waals surface area contributed by atoms with E-state index in [1.165, 1.54) is 0 Å². The van der Waals surface area contributed by atoms with E-state index in [0.29, 0.717) is 22.2 Å². The summed E-state index contributed by atoms with van der Waals surface area (Å²) in [4.78, 5) is 27.6. The van der Waals surface area contributed by atoms with E-state index in [9.17, 15) is 9.59 Å². The molecule has 0 saturated carbocycles. The molecule has 0 N–H and O–H groups in total. The highest BCUT2D eigenvalue weighted by Crippen LogP contribution is 2.26. The van der Waals surface area contributed by atoms with E-state index in [4.69, 9.17) is 23.2 Å². The summed E-state index contributed by atoms with van der Waals surface area (Å²) >= 11 is 12.0. The van der Waals surface area contributed by atoms with Gasteiger partial charge in [-0.15, -0.1) is 0 Å². The van der Waals surface area contributed by atoms with Gasteiger partial charge in [0.2, 0.25) is 5.91 Å². The van der Waals surface area contributed by atoms with Gasteiger partial charge in [-0.2, -0.15) is 0 Å². The van der Waals surface area contributed by atoms with Crippen LogP contribution in [-0.4, -0.2) is 37.2 Å². The Kier molecular flexibility index (Phi) is 6.40. The highest BCUT2D eigenvalue weighted by atomic mass is 35.5. The minimum atomic E-state index is 0.0308. The normalized spacial score (nSPS) is 14.9. The second-order valence-corrected chi connectivity index (χ2v) is 7.73. The van der Waals surface area contributed by atoms with Gasteiger partial charge < -0.3 is 9.80 Å². The molecular formula is C21H22Cl2N2O2. The topological polar surface area (TPSA) is 40.6 Å². The van der Waals surface area contributed by atoms with Crippen LogP contribution in [0.1, 0.15) is 28.8 Å². The average Bonchev–Trinajstić information content (AvgIpc) is 2.70. The first kappa shape index (κ1) is 19.7. The summed E-state index contributed by atoms with van der Waals surface area (Å²) in [5, 5.41) is 1.02. The third-order valence-corrected chi connectivity index (χ3v) is 5.76. The number of benzene rings is 2. The highest BCUT2D eigenvalue weighted by molar-refractivity contribution is 6.42. The molecule has 2 aromatic rings. The van der Waals surface area contributed by atoms with Gasteiger partial charge in [0.1, 0.15) is 6.29 Å². The van der Waals surface area contributed by atoms with Crippen molar-refractivity contribution in [2.75, 3.05) is 25.0 Å². The summed E-state index contributed by atoms with van der Waals surface area (Å²) in [5.74, 6) is 0.195. The Hall–Kier alpha value is -2.04. The van der Waals surface area contributed by atoms with Crippen LogP contribution in [0.4, 0.5) is 5.69 Å². The van der Waals surface area contributed by atoms with Crippen LogP contribution in [-0.2, 0) is 11.3 Å². The van der Waals surface area contributed by atoms with Crippen molar-refractivity contribution in [2.24, 2.45) is 5.92 Å². The maximum atomic E-state index is 12.8. The number of nitrogens with zero attached hydrogens (tertiary/aromatic N) is 2. The van der Waals surface area contributed by atoms with Crippen LogP contribution >= 0.6 is 23.2 Å². The monoisotopic (exact) mass is 404 g/mol. The van der Waals surface area contributed by atoms with E-state index in [0.717, 1.165) is 43.5 Å². The third kappa shape index (κ3) is 4.82. The number of hydrogen-bond acceptors (Lipinski definition) is 3. The second-order valence-electron chi connectivity index (χ2n) is 6.91. The molecule has 0 aromatic heterocycles. The molecule has 2 aromatic carbocycles. The van der Waals surface area contributed by atoms with Gasteiger partial charge in [-0.25, -0.2) is 0 Å². The van der Waals surface area contributed by atoms with Crippen LogP contribution in [0.25, 0.3) is 0 Å². The van der Waals surface area contributed by atoms with Crippen molar-refractivity contribution in [3.05, 3.63) is 63.6 Å². The number of piperidine rings is 1. The molecule has 1 amide bonds. The predicted molar refractivity (Wildman–Crippen MR) is 110 cm³/mol. The van der Waals surface area contributed by atoms with Gasteiger partial charge in [0.15, 0.2) is 0 Å². The zero-order valence-corrected chi connectivity index (χ0v) is 16.7. The number of halogens is 2. The molecule has 0 bridgehead atoms. The van der Waals surface area contributed by atoms with Gasteiger partial charge in [-0.1, -0.05) is 29.3 Å². The third-order valence-electron chi connectivity index (χ3n) is 5.02. The smallest absolute Gasteiger partial charge is 0.225 e. The van der Waals surface area contributed by atoms with E-state index in [1.54, 1.807) is 17.0 Å². The van der Waals surface area contributed by atoms with Crippen LogP contribution < -0.4 is 4.90 Å². The molecule has 0 atom stereocenters. The first-order valence-electron chi connectivity index (χ1n) is 8.97. The van der Waals surface area contributed by atoms with Crippen molar-refractivity contribution in [3.63, 3.8) is 0 Å². The molecule has 0 aliphatic carbocycles. The van der Waals surface area contributed by atoms with E-state index in [2.05, 4.69) is 4.90 Å². The largest absolute Gasteiger partial charge is 0.371 e. The molecule has 0 unspecified atom stereocenters. The quantitative estimate of drug-likeness (QED) is 0.679. The maximum absolute atomic E-state index is 12.8. The SMILES string of the molecule is CN(Cc1ccc(Cl)c(Cl)c1)C(=O)C1CCN(c2ccc(C=O)cc2)CC1. The van der Waals surface area contributed by atoms with Crippen LogP contribution in [0.3, 0.4) is 0 Å². The van der Waals surface area contributed by atoms with Crippen molar-refractivity contribution in [3.8, 4) is 0 Å². The van der Waals surface area contributed by atoms with Crippen LogP contribution in [0.5, 0.6) is 0 Å². The molecule has 142 valence electrons. The number of carbonyl (C=O) groups excluding carboxylic acids is 2. The first-order chi connectivity index (χ1) is 13.0. The Labute approximate surface area is 169 Å². The fourth-order valence-corrected chi connectivity index (χ4v) is 3.77. The van der Waals surface area contributed by atoms with E-state index >= 15 is 0 Å². The van der Waals surface area contributed by atoms with Crippen molar-refractivity contribution in [1.82, 2.24) is 4.90 Å². The Morgan fingerprint density at radius 2 is 1.78 bits per heavy atom. The van der Waals surface area contributed by atoms with E-state index in [-0.39, 0.29) is 11.8 Å². The number of aldehydes is 1. The standard InChI is InChI=1S/C21H22Cl2N2O2/c1-24(13-16-4-7-19(22)20(23)12-16)21(27)17-8-10-25(11-9-17)18-5-2-15(14-26)3-6-18/h2-7,12,14,17H,8-11,13H2,1H3. The van der Waals surface area contributed by atoms with Crippen molar-refractivity contribution >= 4 is 41.1 Å². The molecule has 1 aliphatic rings. The van der Waals surface area contributed by atoms with Crippen molar-refractivity contribution < 1.29 is 9.59 Å².